The van der Waals surface area contributed by atoms with Gasteiger partial charge in [0.05, 0.1) is 14.8 Å². The summed E-state index contributed by atoms with van der Waals surface area (Å²) in [5.41, 5.74) is 1.11. The zero-order valence-corrected chi connectivity index (χ0v) is 21.3. The van der Waals surface area contributed by atoms with Crippen molar-refractivity contribution in [1.29, 1.82) is 0 Å². The average Bonchev–Trinajstić information content (AvgIpc) is 2.82. The predicted octanol–water partition coefficient (Wildman–Crippen LogP) is 3.09. The lowest BCUT2D eigenvalue weighted by atomic mass is 10.2. The Bertz CT molecular complexity index is 1390. The number of carbonyl (C=O) groups excluding carboxylic acids is 1. The second-order valence-electron chi connectivity index (χ2n) is 7.56. The van der Waals surface area contributed by atoms with E-state index in [1.54, 1.807) is 42.5 Å². The van der Waals surface area contributed by atoms with Crippen molar-refractivity contribution < 1.29 is 26.4 Å². The number of halogens is 1. The van der Waals surface area contributed by atoms with Crippen LogP contribution in [0.4, 0.5) is 5.69 Å². The maximum absolute atomic E-state index is 12.5. The summed E-state index contributed by atoms with van der Waals surface area (Å²) >= 11 is 6.17. The number of hydrogen-bond acceptors (Lipinski definition) is 6. The maximum Gasteiger partial charge on any atom is 0.261 e. The van der Waals surface area contributed by atoms with Gasteiger partial charge in [-0.3, -0.25) is 9.52 Å². The molecule has 0 bridgehead atoms. The lowest BCUT2D eigenvalue weighted by Crippen LogP contribution is -2.28. The molecule has 3 rings (SSSR count). The molecule has 9 nitrogen and oxygen atoms in total. The molecule has 0 heterocycles. The fourth-order valence-electron chi connectivity index (χ4n) is 2.87. The first-order chi connectivity index (χ1) is 16.5. The highest BCUT2D eigenvalue weighted by atomic mass is 35.5. The number of sulfonamides is 2. The molecule has 2 N–H and O–H groups in total. The third-order valence-corrected chi connectivity index (χ3v) is 8.29. The Morgan fingerprint density at radius 1 is 0.914 bits per heavy atom. The van der Waals surface area contributed by atoms with E-state index in [2.05, 4.69) is 10.0 Å². The second kappa shape index (κ2) is 11.1. The standard InChI is InChI=1S/C23H24ClN3O6S2/c1-27(2)35(31,32)19-10-8-17(9-11-19)15-25-23(28)16-33-22-13-12-20(14-21(22)24)34(29,30)26-18-6-4-3-5-7-18/h3-14,26H,15-16H2,1-2H3,(H,25,28). The van der Waals surface area contributed by atoms with E-state index < -0.39 is 26.0 Å². The Balaban J connectivity index is 1.54. The smallest absolute Gasteiger partial charge is 0.261 e. The summed E-state index contributed by atoms with van der Waals surface area (Å²) in [5.74, 6) is -0.285. The summed E-state index contributed by atoms with van der Waals surface area (Å²) in [6.07, 6.45) is 0. The number of rotatable bonds is 10. The molecule has 186 valence electrons. The first kappa shape index (κ1) is 26.5. The minimum Gasteiger partial charge on any atom is -0.482 e. The van der Waals surface area contributed by atoms with Crippen LogP contribution in [-0.4, -0.2) is 47.8 Å². The zero-order chi connectivity index (χ0) is 25.6. The van der Waals surface area contributed by atoms with Crippen LogP contribution in [-0.2, 0) is 31.4 Å². The minimum atomic E-state index is -3.85. The van der Waals surface area contributed by atoms with E-state index in [1.165, 1.54) is 44.4 Å². The van der Waals surface area contributed by atoms with Crippen molar-refractivity contribution >= 4 is 43.2 Å². The van der Waals surface area contributed by atoms with E-state index >= 15 is 0 Å². The third-order valence-electron chi connectivity index (χ3n) is 4.79. The van der Waals surface area contributed by atoms with Crippen LogP contribution in [0.15, 0.2) is 82.6 Å². The SMILES string of the molecule is CN(C)S(=O)(=O)c1ccc(CNC(=O)COc2ccc(S(=O)(=O)Nc3ccccc3)cc2Cl)cc1. The summed E-state index contributed by atoms with van der Waals surface area (Å²) < 4.78 is 58.3. The van der Waals surface area contributed by atoms with Gasteiger partial charge in [-0.15, -0.1) is 0 Å². The average molecular weight is 538 g/mol. The van der Waals surface area contributed by atoms with Crippen molar-refractivity contribution in [3.8, 4) is 5.75 Å². The van der Waals surface area contributed by atoms with Gasteiger partial charge in [0, 0.05) is 26.3 Å². The lowest BCUT2D eigenvalue weighted by Gasteiger charge is -2.12. The first-order valence-electron chi connectivity index (χ1n) is 10.3. The van der Waals surface area contributed by atoms with Gasteiger partial charge in [0.15, 0.2) is 6.61 Å². The van der Waals surface area contributed by atoms with Crippen LogP contribution in [0.2, 0.25) is 5.02 Å². The second-order valence-corrected chi connectivity index (χ2v) is 11.8. The summed E-state index contributed by atoms with van der Waals surface area (Å²) in [6.45, 7) is -0.179. The molecular formula is C23H24ClN3O6S2. The number of ether oxygens (including phenoxy) is 1. The van der Waals surface area contributed by atoms with Crippen molar-refractivity contribution in [2.75, 3.05) is 25.4 Å². The van der Waals surface area contributed by atoms with Crippen LogP contribution in [0.3, 0.4) is 0 Å². The number of amides is 1. The van der Waals surface area contributed by atoms with Crippen molar-refractivity contribution in [3.05, 3.63) is 83.4 Å². The fourth-order valence-corrected chi connectivity index (χ4v) is 5.16. The van der Waals surface area contributed by atoms with E-state index in [4.69, 9.17) is 16.3 Å². The topological polar surface area (TPSA) is 122 Å². The molecule has 0 unspecified atom stereocenters. The molecule has 0 saturated heterocycles. The summed E-state index contributed by atoms with van der Waals surface area (Å²) in [5, 5.41) is 2.69. The number of carbonyl (C=O) groups is 1. The van der Waals surface area contributed by atoms with Gasteiger partial charge in [-0.1, -0.05) is 41.9 Å². The quantitative estimate of drug-likeness (QED) is 0.410. The van der Waals surface area contributed by atoms with Gasteiger partial charge < -0.3 is 10.1 Å². The molecule has 0 atom stereocenters. The third kappa shape index (κ3) is 6.95. The highest BCUT2D eigenvalue weighted by Gasteiger charge is 2.18. The van der Waals surface area contributed by atoms with Gasteiger partial charge in [-0.2, -0.15) is 0 Å². The Morgan fingerprint density at radius 3 is 2.14 bits per heavy atom. The van der Waals surface area contributed by atoms with Gasteiger partial charge in [0.25, 0.3) is 15.9 Å². The van der Waals surface area contributed by atoms with Gasteiger partial charge in [-0.25, -0.2) is 21.1 Å². The number of nitrogens with zero attached hydrogens (tertiary/aromatic N) is 1. The van der Waals surface area contributed by atoms with Crippen LogP contribution in [0, 0.1) is 0 Å². The number of nitrogens with one attached hydrogen (secondary N) is 2. The van der Waals surface area contributed by atoms with Gasteiger partial charge >= 0.3 is 0 Å². The van der Waals surface area contributed by atoms with Crippen molar-refractivity contribution in [1.82, 2.24) is 9.62 Å². The Kier molecular flexibility index (Phi) is 8.39. The van der Waals surface area contributed by atoms with Gasteiger partial charge in [0.2, 0.25) is 10.0 Å². The van der Waals surface area contributed by atoms with Crippen LogP contribution in [0.1, 0.15) is 5.56 Å². The predicted molar refractivity (Wildman–Crippen MR) is 133 cm³/mol. The van der Waals surface area contributed by atoms with Crippen LogP contribution in [0.25, 0.3) is 0 Å². The molecule has 0 aliphatic rings. The molecule has 3 aromatic carbocycles. The fraction of sp³-hybridized carbons (Fsp3) is 0.174. The molecular weight excluding hydrogens is 514 g/mol. The maximum atomic E-state index is 12.5. The van der Waals surface area contributed by atoms with E-state index in [9.17, 15) is 21.6 Å². The molecule has 35 heavy (non-hydrogen) atoms. The Morgan fingerprint density at radius 2 is 1.54 bits per heavy atom. The zero-order valence-electron chi connectivity index (χ0n) is 18.9. The van der Waals surface area contributed by atoms with Crippen LogP contribution >= 0.6 is 11.6 Å². The molecule has 12 heteroatoms. The summed E-state index contributed by atoms with van der Waals surface area (Å²) in [6, 6.07) is 18.5. The minimum absolute atomic E-state index is 0.0337. The highest BCUT2D eigenvalue weighted by Crippen LogP contribution is 2.28. The molecule has 0 fully saturated rings. The van der Waals surface area contributed by atoms with E-state index in [0.717, 1.165) is 4.31 Å². The molecule has 0 aliphatic heterocycles. The molecule has 0 aromatic heterocycles. The van der Waals surface area contributed by atoms with Gasteiger partial charge in [-0.05, 0) is 48.0 Å². The number of para-hydroxylation sites is 1. The summed E-state index contributed by atoms with van der Waals surface area (Å²) in [7, 11) is -4.48. The van der Waals surface area contributed by atoms with Crippen molar-refractivity contribution in [2.45, 2.75) is 16.3 Å². The normalized spacial score (nSPS) is 11.8. The molecule has 0 aliphatic carbocycles. The molecule has 0 saturated carbocycles. The molecule has 0 spiro atoms. The number of anilines is 1. The largest absolute Gasteiger partial charge is 0.482 e. The molecule has 0 radical (unpaired) electrons. The molecule has 3 aromatic rings. The van der Waals surface area contributed by atoms with Gasteiger partial charge in [0.1, 0.15) is 5.75 Å². The Hall–Kier alpha value is -3.12. The van der Waals surface area contributed by atoms with E-state index in [-0.39, 0.29) is 33.7 Å². The van der Waals surface area contributed by atoms with Crippen molar-refractivity contribution in [2.24, 2.45) is 0 Å². The van der Waals surface area contributed by atoms with Crippen LogP contribution in [0.5, 0.6) is 5.75 Å². The number of benzene rings is 3. The monoisotopic (exact) mass is 537 g/mol. The highest BCUT2D eigenvalue weighted by molar-refractivity contribution is 7.92. The number of hydrogen-bond donors (Lipinski definition) is 2. The Labute approximate surface area is 209 Å². The lowest BCUT2D eigenvalue weighted by molar-refractivity contribution is -0.123. The molecule has 1 amide bonds. The summed E-state index contributed by atoms with van der Waals surface area (Å²) in [4.78, 5) is 12.3. The van der Waals surface area contributed by atoms with Crippen molar-refractivity contribution in [3.63, 3.8) is 0 Å². The van der Waals surface area contributed by atoms with E-state index in [0.29, 0.717) is 11.3 Å². The van der Waals surface area contributed by atoms with Crippen LogP contribution < -0.4 is 14.8 Å². The van der Waals surface area contributed by atoms with E-state index in [1.807, 2.05) is 0 Å². The first-order valence-corrected chi connectivity index (χ1v) is 13.6.